The Morgan fingerprint density at radius 3 is 2.28 bits per heavy atom. The lowest BCUT2D eigenvalue weighted by molar-refractivity contribution is -0.0382. The molecule has 18 heavy (non-hydrogen) atoms. The fourth-order valence-corrected chi connectivity index (χ4v) is 2.30. The van der Waals surface area contributed by atoms with Crippen molar-refractivity contribution in [2.45, 2.75) is 19.3 Å². The van der Waals surface area contributed by atoms with Crippen LogP contribution in [-0.4, -0.2) is 33.8 Å². The van der Waals surface area contributed by atoms with E-state index in [1.165, 1.54) is 6.26 Å². The second-order valence-electron chi connectivity index (χ2n) is 4.19. The summed E-state index contributed by atoms with van der Waals surface area (Å²) < 4.78 is 32.7. The third-order valence-electron chi connectivity index (χ3n) is 2.42. The summed E-state index contributed by atoms with van der Waals surface area (Å²) in [5.41, 5.74) is 6.58. The number of hydrogen-bond donors (Lipinski definition) is 1. The molecule has 0 amide bonds. The van der Waals surface area contributed by atoms with Gasteiger partial charge in [-0.05, 0) is 24.6 Å². The van der Waals surface area contributed by atoms with Gasteiger partial charge >= 0.3 is 0 Å². The standard InChI is InChI=1S/C12H19NO4S/c1-9(16-2)17-11-6-4-10(5-7-11)12(13)8-18(3,14)15/h4-7,9,12H,8,13H2,1-3H3/t9-,12+/m0/s1. The minimum Gasteiger partial charge on any atom is -0.465 e. The molecule has 1 aromatic rings. The van der Waals surface area contributed by atoms with Gasteiger partial charge in [0.05, 0.1) is 5.75 Å². The molecule has 0 saturated heterocycles. The summed E-state index contributed by atoms with van der Waals surface area (Å²) in [6.07, 6.45) is 0.838. The molecule has 0 aliphatic rings. The van der Waals surface area contributed by atoms with Crippen molar-refractivity contribution >= 4 is 9.84 Å². The van der Waals surface area contributed by atoms with Crippen LogP contribution in [0.15, 0.2) is 24.3 Å². The van der Waals surface area contributed by atoms with E-state index in [1.807, 2.05) is 0 Å². The zero-order valence-electron chi connectivity index (χ0n) is 10.8. The van der Waals surface area contributed by atoms with Crippen molar-refractivity contribution in [2.24, 2.45) is 5.73 Å². The first-order valence-electron chi connectivity index (χ1n) is 5.54. The van der Waals surface area contributed by atoms with Crippen LogP contribution in [0.4, 0.5) is 0 Å². The van der Waals surface area contributed by atoms with Crippen LogP contribution in [0.5, 0.6) is 5.75 Å². The first-order valence-corrected chi connectivity index (χ1v) is 7.60. The Morgan fingerprint density at radius 2 is 1.83 bits per heavy atom. The zero-order valence-corrected chi connectivity index (χ0v) is 11.6. The molecule has 5 nitrogen and oxygen atoms in total. The van der Waals surface area contributed by atoms with E-state index in [2.05, 4.69) is 0 Å². The number of methoxy groups -OCH3 is 1. The van der Waals surface area contributed by atoms with Gasteiger partial charge in [-0.2, -0.15) is 0 Å². The minimum atomic E-state index is -3.08. The van der Waals surface area contributed by atoms with Crippen LogP contribution in [0.3, 0.4) is 0 Å². The highest BCUT2D eigenvalue weighted by Crippen LogP contribution is 2.18. The lowest BCUT2D eigenvalue weighted by atomic mass is 10.1. The molecule has 1 aromatic carbocycles. The Bertz CT molecular complexity index is 469. The third-order valence-corrected chi connectivity index (χ3v) is 3.39. The summed E-state index contributed by atoms with van der Waals surface area (Å²) in [6, 6.07) is 6.48. The second-order valence-corrected chi connectivity index (χ2v) is 6.37. The maximum atomic E-state index is 11.1. The highest BCUT2D eigenvalue weighted by atomic mass is 32.2. The number of nitrogens with two attached hydrogens (primary N) is 1. The highest BCUT2D eigenvalue weighted by molar-refractivity contribution is 7.90. The molecule has 0 aliphatic carbocycles. The van der Waals surface area contributed by atoms with E-state index in [1.54, 1.807) is 38.3 Å². The van der Waals surface area contributed by atoms with E-state index in [9.17, 15) is 8.42 Å². The van der Waals surface area contributed by atoms with Crippen molar-refractivity contribution in [3.63, 3.8) is 0 Å². The molecule has 0 spiro atoms. The van der Waals surface area contributed by atoms with Crippen LogP contribution < -0.4 is 10.5 Å². The Hall–Kier alpha value is -1.11. The molecule has 0 aromatic heterocycles. The number of rotatable bonds is 6. The fourth-order valence-electron chi connectivity index (χ4n) is 1.46. The highest BCUT2D eigenvalue weighted by Gasteiger charge is 2.13. The van der Waals surface area contributed by atoms with E-state index >= 15 is 0 Å². The van der Waals surface area contributed by atoms with E-state index in [-0.39, 0.29) is 12.0 Å². The van der Waals surface area contributed by atoms with Crippen LogP contribution in [0.25, 0.3) is 0 Å². The maximum absolute atomic E-state index is 11.1. The van der Waals surface area contributed by atoms with Gasteiger partial charge in [-0.1, -0.05) is 12.1 Å². The summed E-state index contributed by atoms with van der Waals surface area (Å²) in [4.78, 5) is 0. The molecule has 1 rings (SSSR count). The minimum absolute atomic E-state index is 0.0678. The quantitative estimate of drug-likeness (QED) is 0.785. The van der Waals surface area contributed by atoms with E-state index in [0.29, 0.717) is 5.75 Å². The van der Waals surface area contributed by atoms with E-state index in [0.717, 1.165) is 5.56 Å². The van der Waals surface area contributed by atoms with Crippen molar-refractivity contribution in [2.75, 3.05) is 19.1 Å². The number of benzene rings is 1. The normalized spacial score (nSPS) is 15.1. The fraction of sp³-hybridized carbons (Fsp3) is 0.500. The molecule has 0 saturated carbocycles. The Kier molecular flexibility index (Phi) is 5.13. The van der Waals surface area contributed by atoms with E-state index < -0.39 is 15.9 Å². The number of hydrogen-bond acceptors (Lipinski definition) is 5. The summed E-state index contributed by atoms with van der Waals surface area (Å²) in [5.74, 6) is 0.585. The monoisotopic (exact) mass is 273 g/mol. The summed E-state index contributed by atoms with van der Waals surface area (Å²) in [6.45, 7) is 1.78. The van der Waals surface area contributed by atoms with Gasteiger partial charge in [0, 0.05) is 19.4 Å². The van der Waals surface area contributed by atoms with Crippen molar-refractivity contribution in [1.82, 2.24) is 0 Å². The van der Waals surface area contributed by atoms with Crippen molar-refractivity contribution in [3.8, 4) is 5.75 Å². The molecule has 0 bridgehead atoms. The molecule has 6 heteroatoms. The maximum Gasteiger partial charge on any atom is 0.196 e. The Balaban J connectivity index is 2.70. The molecule has 102 valence electrons. The van der Waals surface area contributed by atoms with Gasteiger partial charge < -0.3 is 15.2 Å². The SMILES string of the molecule is CO[C@H](C)Oc1ccc([C@H](N)CS(C)(=O)=O)cc1. The zero-order chi connectivity index (χ0) is 13.8. The predicted molar refractivity (Wildman–Crippen MR) is 70.2 cm³/mol. The molecular weight excluding hydrogens is 254 g/mol. The predicted octanol–water partition coefficient (Wildman–Crippen LogP) is 1.10. The Morgan fingerprint density at radius 1 is 1.28 bits per heavy atom. The van der Waals surface area contributed by atoms with Crippen LogP contribution in [0.1, 0.15) is 18.5 Å². The lowest BCUT2D eigenvalue weighted by Gasteiger charge is -2.14. The smallest absolute Gasteiger partial charge is 0.196 e. The van der Waals surface area contributed by atoms with Crippen molar-refractivity contribution < 1.29 is 17.9 Å². The second kappa shape index (κ2) is 6.17. The van der Waals surface area contributed by atoms with Gasteiger partial charge in [0.25, 0.3) is 0 Å². The van der Waals surface area contributed by atoms with Crippen LogP contribution >= 0.6 is 0 Å². The van der Waals surface area contributed by atoms with Gasteiger partial charge in [0.15, 0.2) is 6.29 Å². The average molecular weight is 273 g/mol. The van der Waals surface area contributed by atoms with E-state index in [4.69, 9.17) is 15.2 Å². The van der Waals surface area contributed by atoms with Crippen molar-refractivity contribution in [1.29, 1.82) is 0 Å². The van der Waals surface area contributed by atoms with Gasteiger partial charge in [0.1, 0.15) is 15.6 Å². The molecular formula is C12H19NO4S. The molecule has 2 atom stereocenters. The molecule has 0 unspecified atom stereocenters. The van der Waals surface area contributed by atoms with Crippen LogP contribution in [0, 0.1) is 0 Å². The third kappa shape index (κ3) is 5.03. The van der Waals surface area contributed by atoms with Gasteiger partial charge in [-0.3, -0.25) is 0 Å². The number of ether oxygens (including phenoxy) is 2. The van der Waals surface area contributed by atoms with Crippen LogP contribution in [-0.2, 0) is 14.6 Å². The summed E-state index contributed by atoms with van der Waals surface area (Å²) in [5, 5.41) is 0. The van der Waals surface area contributed by atoms with Gasteiger partial charge in [0.2, 0.25) is 0 Å². The first-order chi connectivity index (χ1) is 8.31. The average Bonchev–Trinajstić information content (AvgIpc) is 2.27. The first kappa shape index (κ1) is 14.9. The molecule has 0 fully saturated rings. The summed E-state index contributed by atoms with van der Waals surface area (Å²) in [7, 11) is -1.52. The molecule has 2 N–H and O–H groups in total. The van der Waals surface area contributed by atoms with Crippen LogP contribution in [0.2, 0.25) is 0 Å². The lowest BCUT2D eigenvalue weighted by Crippen LogP contribution is -2.20. The topological polar surface area (TPSA) is 78.6 Å². The van der Waals surface area contributed by atoms with Gasteiger partial charge in [-0.15, -0.1) is 0 Å². The Labute approximate surface area is 108 Å². The van der Waals surface area contributed by atoms with Crippen molar-refractivity contribution in [3.05, 3.63) is 29.8 Å². The van der Waals surface area contributed by atoms with Gasteiger partial charge in [-0.25, -0.2) is 8.42 Å². The number of sulfone groups is 1. The molecule has 0 heterocycles. The largest absolute Gasteiger partial charge is 0.465 e. The molecule has 0 aliphatic heterocycles. The molecule has 0 radical (unpaired) electrons. The summed E-state index contributed by atoms with van der Waals surface area (Å²) >= 11 is 0.